The Bertz CT molecular complexity index is 6780. The summed E-state index contributed by atoms with van der Waals surface area (Å²) < 4.78 is 55.6. The van der Waals surface area contributed by atoms with Gasteiger partial charge in [-0.25, -0.2) is 32.8 Å². The number of nitro groups is 1. The molecular weight excluding hydrogens is 1930 g/mol. The van der Waals surface area contributed by atoms with Crippen molar-refractivity contribution < 1.29 is 61.4 Å². The number of carbonyl (C=O) groups excluding carboxylic acids is 5. The van der Waals surface area contributed by atoms with Gasteiger partial charge in [0.25, 0.3) is 5.69 Å². The summed E-state index contributed by atoms with van der Waals surface area (Å²) in [6.45, 7) is 12.8. The van der Waals surface area contributed by atoms with E-state index in [1.54, 1.807) is 46.7 Å². The molecule has 5 aliphatic rings. The molecule has 0 aliphatic carbocycles. The lowest BCUT2D eigenvalue weighted by Crippen LogP contribution is -2.41. The number of methoxy groups -OCH3 is 1. The molecule has 5 N–H and O–H groups in total. The second kappa shape index (κ2) is 41.5. The Kier molecular flexibility index (Phi) is 29.5. The van der Waals surface area contributed by atoms with Crippen LogP contribution >= 0.6 is 97.1 Å². The molecule has 692 valence electrons. The van der Waals surface area contributed by atoms with Gasteiger partial charge in [0, 0.05) is 168 Å². The number of fused-ring (bicyclic) bond motifs is 15. The highest BCUT2D eigenvalue weighted by molar-refractivity contribution is 9.10. The molecule has 0 bridgehead atoms. The van der Waals surface area contributed by atoms with E-state index in [4.69, 9.17) is 105 Å². The van der Waals surface area contributed by atoms with E-state index in [2.05, 4.69) is 72.0 Å². The van der Waals surface area contributed by atoms with E-state index < -0.39 is 40.8 Å². The number of aromatic amines is 5. The van der Waals surface area contributed by atoms with Crippen molar-refractivity contribution in [2.75, 3.05) is 65.5 Å². The van der Waals surface area contributed by atoms with Crippen LogP contribution in [0.2, 0.25) is 30.1 Å². The number of ether oxygens (including phenoxy) is 5. The average molecular weight is 2020 g/mol. The highest BCUT2D eigenvalue weighted by Gasteiger charge is 2.42. The molecular formula is C101H91BrCl7F2N11O12. The van der Waals surface area contributed by atoms with Crippen LogP contribution in [0.5, 0.6) is 0 Å². The SMILES string of the molecule is CC(C)OC(=O)N1CCc2c([nH]c3ccc(Cl)cc23)C1c1ccc([N+](=O)[O-])cc1.CCOC(=O)N1CCc2c([nH]c3ccc(Cl)cc23)C1c1ccc(Br)cc1.CCOC(=O)N1CCc2c([nH]c3ccc(Cl)cc23)C1c1ccc(C)cc1.COC(=O)N1CCc2c([nH]c3ccc(Cl)cc23)C1c1cccc(F)c1F.O=C(OCCCl)N1CCc2c([nH]c3ccc(Cl)cc23)C1c1ccc(Cl)cc1. The molecule has 0 saturated carbocycles. The third kappa shape index (κ3) is 19.9. The molecule has 20 rings (SSSR count). The lowest BCUT2D eigenvalue weighted by atomic mass is 9.92. The van der Waals surface area contributed by atoms with E-state index in [0.717, 1.165) is 145 Å². The first-order valence-electron chi connectivity index (χ1n) is 43.5. The minimum absolute atomic E-state index is 0.00418. The minimum atomic E-state index is -0.976. The van der Waals surface area contributed by atoms with Gasteiger partial charge in [-0.05, 0) is 250 Å². The number of benzene rings is 10. The molecule has 23 nitrogen and oxygen atoms in total. The maximum atomic E-state index is 14.6. The van der Waals surface area contributed by atoms with Gasteiger partial charge in [0.15, 0.2) is 11.6 Å². The molecule has 134 heavy (non-hydrogen) atoms. The fraction of sp³-hybridized carbons (Fsp3) is 0.257. The van der Waals surface area contributed by atoms with E-state index in [0.29, 0.717) is 89.6 Å². The van der Waals surface area contributed by atoms with Gasteiger partial charge in [0.1, 0.15) is 36.8 Å². The van der Waals surface area contributed by atoms with Gasteiger partial charge in [-0.15, -0.1) is 11.6 Å². The monoisotopic (exact) mass is 2010 g/mol. The maximum absolute atomic E-state index is 14.6. The predicted octanol–water partition coefficient (Wildman–Crippen LogP) is 26.8. The molecule has 10 heterocycles. The minimum Gasteiger partial charge on any atom is -0.453 e. The molecule has 0 fully saturated rings. The van der Waals surface area contributed by atoms with Gasteiger partial charge in [-0.2, -0.15) is 0 Å². The number of H-pyrrole nitrogens is 5. The second-order valence-corrected chi connectivity index (χ2v) is 36.8. The molecule has 33 heteroatoms. The molecule has 0 saturated heterocycles. The first-order valence-corrected chi connectivity index (χ1v) is 47.1. The van der Waals surface area contributed by atoms with Crippen LogP contribution in [0.25, 0.3) is 54.5 Å². The number of nitrogens with one attached hydrogen (secondary N) is 5. The van der Waals surface area contributed by atoms with Crippen LogP contribution in [0.15, 0.2) is 211 Å². The summed E-state index contributed by atoms with van der Waals surface area (Å²) in [5.74, 6) is -1.67. The van der Waals surface area contributed by atoms with Gasteiger partial charge in [-0.1, -0.05) is 152 Å². The van der Waals surface area contributed by atoms with Crippen molar-refractivity contribution in [3.8, 4) is 0 Å². The fourth-order valence-electron chi connectivity index (χ4n) is 18.6. The second-order valence-electron chi connectivity index (χ2n) is 32.9. The Labute approximate surface area is 813 Å². The number of aromatic nitrogens is 5. The summed E-state index contributed by atoms with van der Waals surface area (Å²) >= 11 is 46.1. The van der Waals surface area contributed by atoms with Crippen molar-refractivity contribution in [2.45, 2.75) is 103 Å². The standard InChI is InChI=1S/C21H20ClN3O4.C21H21ClN2O2.C20H18BrClN2O2.C20H17Cl3N2O2.C19H15ClF2N2O2/c1-12(2)29-21(26)24-10-9-16-17-11-14(22)5-8-18(17)23-19(16)20(24)13-3-6-15(7-4-13)25(27)28;1-3-26-21(25)24-11-10-16-17-12-15(22)8-9-18(17)23-19(16)20(24)14-6-4-13(2)5-7-14;1-2-26-20(25)24-10-9-15-16-11-14(22)7-8-17(16)23-18(15)19(24)12-3-5-13(21)6-4-12;21-8-10-27-20(26)25-9-7-15-16-11-14(23)5-6-17(16)24-18(15)19(25)12-1-3-13(22)4-2-12;1-26-19(25)24-8-7-11-13-9-10(20)5-6-15(13)23-17(11)18(24)12-3-2-4-14(21)16(12)22/h3-8,11-12,20,23H,9-10H2,1-2H3;4-9,12,20,23H,3,10-11H2,1-2H3;3-8,11,19,23H,2,9-10H2,1H3;1-6,11,19,24H,7-10H2;2-6,9,18,23H,7-8H2,1H3. The Morgan fingerprint density at radius 3 is 1.06 bits per heavy atom. The van der Waals surface area contributed by atoms with Crippen LogP contribution in [0.4, 0.5) is 38.4 Å². The molecule has 5 aromatic heterocycles. The van der Waals surface area contributed by atoms with E-state index in [1.807, 2.05) is 152 Å². The maximum Gasteiger partial charge on any atom is 0.410 e. The molecule has 5 unspecified atom stereocenters. The number of hydrogen-bond acceptors (Lipinski definition) is 12. The molecule has 0 radical (unpaired) electrons. The largest absolute Gasteiger partial charge is 0.453 e. The number of nitrogens with zero attached hydrogens (tertiary/aromatic N) is 6. The van der Waals surface area contributed by atoms with E-state index in [9.17, 15) is 42.9 Å². The van der Waals surface area contributed by atoms with E-state index in [1.165, 1.54) is 58.5 Å². The van der Waals surface area contributed by atoms with Crippen LogP contribution in [-0.2, 0) is 55.8 Å². The summed E-state index contributed by atoms with van der Waals surface area (Å²) in [5.41, 5.74) is 20.2. The normalized spacial score (nSPS) is 16.5. The topological polar surface area (TPSA) is 270 Å². The van der Waals surface area contributed by atoms with Gasteiger partial charge in [-0.3, -0.25) is 34.6 Å². The van der Waals surface area contributed by atoms with Crippen molar-refractivity contribution in [2.24, 2.45) is 0 Å². The highest BCUT2D eigenvalue weighted by Crippen LogP contribution is 2.47. The number of alkyl halides is 1. The van der Waals surface area contributed by atoms with Crippen molar-refractivity contribution in [1.29, 1.82) is 0 Å². The average Bonchev–Trinajstić information content (AvgIpc) is 1.50. The molecule has 0 spiro atoms. The van der Waals surface area contributed by atoms with Crippen molar-refractivity contribution in [1.82, 2.24) is 49.4 Å². The summed E-state index contributed by atoms with van der Waals surface area (Å²) in [6.07, 6.45) is 1.27. The van der Waals surface area contributed by atoms with Crippen LogP contribution in [0.3, 0.4) is 0 Å². The van der Waals surface area contributed by atoms with Crippen LogP contribution in [-0.4, -0.2) is 156 Å². The first-order chi connectivity index (χ1) is 64.6. The number of amides is 5. The fourth-order valence-corrected chi connectivity index (χ4v) is 19.9. The third-order valence-corrected chi connectivity index (χ3v) is 26.5. The van der Waals surface area contributed by atoms with Crippen LogP contribution in [0.1, 0.15) is 148 Å². The number of non-ortho nitro benzene ring substituents is 1. The highest BCUT2D eigenvalue weighted by atomic mass is 79.9. The van der Waals surface area contributed by atoms with Gasteiger partial charge < -0.3 is 48.6 Å². The number of aryl methyl sites for hydroxylation is 1. The van der Waals surface area contributed by atoms with Crippen LogP contribution < -0.4 is 0 Å². The first kappa shape index (κ1) is 95.2. The zero-order valence-corrected chi connectivity index (χ0v) is 80.2. The number of hydrogen-bond donors (Lipinski definition) is 5. The lowest BCUT2D eigenvalue weighted by Gasteiger charge is -2.35. The molecule has 5 amide bonds. The molecule has 10 aromatic carbocycles. The Balaban J connectivity index is 0.000000122. The van der Waals surface area contributed by atoms with Gasteiger partial charge >= 0.3 is 30.5 Å². The van der Waals surface area contributed by atoms with Gasteiger partial charge in [0.2, 0.25) is 0 Å². The van der Waals surface area contributed by atoms with E-state index >= 15 is 0 Å². The molecule has 5 aliphatic heterocycles. The Hall–Kier alpha value is -12.0. The van der Waals surface area contributed by atoms with Crippen LogP contribution in [0, 0.1) is 28.7 Å². The smallest absolute Gasteiger partial charge is 0.410 e. The quantitative estimate of drug-likeness (QED) is 0.0350. The zero-order valence-electron chi connectivity index (χ0n) is 73.4. The summed E-state index contributed by atoms with van der Waals surface area (Å²) in [6, 6.07) is 60.8. The van der Waals surface area contributed by atoms with Crippen molar-refractivity contribution in [3.05, 3.63) is 352 Å². The molecule has 5 atom stereocenters. The number of halogens is 10. The summed E-state index contributed by atoms with van der Waals surface area (Å²) in [5, 5.41) is 20.3. The Morgan fingerprint density at radius 2 is 0.731 bits per heavy atom. The van der Waals surface area contributed by atoms with Crippen molar-refractivity contribution >= 4 is 188 Å². The van der Waals surface area contributed by atoms with Gasteiger partial charge in [0.05, 0.1) is 37.2 Å². The lowest BCUT2D eigenvalue weighted by molar-refractivity contribution is -0.384. The summed E-state index contributed by atoms with van der Waals surface area (Å²) in [4.78, 5) is 99.1. The zero-order chi connectivity index (χ0) is 94.6. The number of rotatable bonds is 11. The summed E-state index contributed by atoms with van der Waals surface area (Å²) in [7, 11) is 1.27. The van der Waals surface area contributed by atoms with Crippen molar-refractivity contribution in [3.63, 3.8) is 0 Å². The third-order valence-electron chi connectivity index (χ3n) is 24.4. The molecule has 15 aromatic rings. The Morgan fingerprint density at radius 1 is 0.425 bits per heavy atom. The van der Waals surface area contributed by atoms with E-state index in [-0.39, 0.29) is 66.2 Å². The number of carbonyl (C=O) groups is 5. The number of nitro benzene ring substituents is 1. The predicted molar refractivity (Wildman–Crippen MR) is 524 cm³/mol.